The van der Waals surface area contributed by atoms with E-state index >= 15 is 0 Å². The van der Waals surface area contributed by atoms with E-state index in [4.69, 9.17) is 4.98 Å². The monoisotopic (exact) mass is 421 g/mol. The van der Waals surface area contributed by atoms with Gasteiger partial charge in [0.2, 0.25) is 11.8 Å². The summed E-state index contributed by atoms with van der Waals surface area (Å²) in [6, 6.07) is 7.98. The molecule has 3 heterocycles. The SMILES string of the molecule is Cc1nc2c3ccccc3nn2c(C)c1CCC(=O)NCCC(=O)N1CCCCCC1. The molecule has 0 radical (unpaired) electrons. The summed E-state index contributed by atoms with van der Waals surface area (Å²) in [7, 11) is 0. The van der Waals surface area contributed by atoms with Gasteiger partial charge in [-0.15, -0.1) is 0 Å². The summed E-state index contributed by atoms with van der Waals surface area (Å²) in [6.45, 7) is 6.11. The van der Waals surface area contributed by atoms with Crippen LogP contribution in [-0.4, -0.2) is 50.9 Å². The largest absolute Gasteiger partial charge is 0.356 e. The van der Waals surface area contributed by atoms with Crippen molar-refractivity contribution in [1.29, 1.82) is 0 Å². The molecule has 2 amide bonds. The molecule has 0 spiro atoms. The molecule has 1 aliphatic heterocycles. The smallest absolute Gasteiger partial charge is 0.224 e. The molecule has 1 aromatic carbocycles. The zero-order chi connectivity index (χ0) is 21.8. The Balaban J connectivity index is 1.33. The molecule has 31 heavy (non-hydrogen) atoms. The molecule has 0 unspecified atom stereocenters. The first-order chi connectivity index (χ1) is 15.0. The summed E-state index contributed by atoms with van der Waals surface area (Å²) in [5.74, 6) is 0.113. The first-order valence-electron chi connectivity index (χ1n) is 11.3. The van der Waals surface area contributed by atoms with Crippen LogP contribution in [0.15, 0.2) is 24.3 Å². The summed E-state index contributed by atoms with van der Waals surface area (Å²) in [4.78, 5) is 31.4. The van der Waals surface area contributed by atoms with Gasteiger partial charge in [0.1, 0.15) is 0 Å². The summed E-state index contributed by atoms with van der Waals surface area (Å²) >= 11 is 0. The molecule has 1 saturated heterocycles. The summed E-state index contributed by atoms with van der Waals surface area (Å²) in [5.41, 5.74) is 4.77. The average Bonchev–Trinajstić information content (AvgIpc) is 2.93. The maximum Gasteiger partial charge on any atom is 0.224 e. The highest BCUT2D eigenvalue weighted by Gasteiger charge is 2.17. The summed E-state index contributed by atoms with van der Waals surface area (Å²) < 4.78 is 1.88. The number of likely N-dealkylation sites (tertiary alicyclic amines) is 1. The molecule has 2 aromatic heterocycles. The van der Waals surface area contributed by atoms with Gasteiger partial charge in [-0.25, -0.2) is 9.50 Å². The third kappa shape index (κ3) is 4.70. The van der Waals surface area contributed by atoms with Gasteiger partial charge in [0.15, 0.2) is 5.65 Å². The lowest BCUT2D eigenvalue weighted by Gasteiger charge is -2.20. The Morgan fingerprint density at radius 3 is 2.55 bits per heavy atom. The molecule has 1 fully saturated rings. The van der Waals surface area contributed by atoms with Crippen molar-refractivity contribution in [2.75, 3.05) is 19.6 Å². The molecule has 164 valence electrons. The van der Waals surface area contributed by atoms with Crippen LogP contribution in [0.25, 0.3) is 16.6 Å². The first-order valence-corrected chi connectivity index (χ1v) is 11.3. The molecule has 0 saturated carbocycles. The van der Waals surface area contributed by atoms with Gasteiger partial charge in [0.25, 0.3) is 0 Å². The molecular formula is C24H31N5O2. The maximum atomic E-state index is 12.4. The second-order valence-electron chi connectivity index (χ2n) is 8.41. The topological polar surface area (TPSA) is 79.6 Å². The fourth-order valence-corrected chi connectivity index (χ4v) is 4.45. The van der Waals surface area contributed by atoms with E-state index in [-0.39, 0.29) is 11.8 Å². The highest BCUT2D eigenvalue weighted by atomic mass is 16.2. The van der Waals surface area contributed by atoms with Crippen molar-refractivity contribution >= 4 is 28.4 Å². The number of aryl methyl sites for hydroxylation is 2. The normalized spacial score (nSPS) is 14.7. The van der Waals surface area contributed by atoms with Crippen molar-refractivity contribution in [2.45, 2.75) is 58.8 Å². The highest BCUT2D eigenvalue weighted by molar-refractivity contribution is 5.92. The van der Waals surface area contributed by atoms with E-state index in [0.29, 0.717) is 25.8 Å². The van der Waals surface area contributed by atoms with Crippen molar-refractivity contribution < 1.29 is 9.59 Å². The minimum absolute atomic E-state index is 0.0341. The number of fused-ring (bicyclic) bond motifs is 3. The average molecular weight is 422 g/mol. The second kappa shape index (κ2) is 9.45. The van der Waals surface area contributed by atoms with Crippen molar-refractivity contribution in [2.24, 2.45) is 0 Å². The lowest BCUT2D eigenvalue weighted by atomic mass is 10.1. The Morgan fingerprint density at radius 2 is 1.77 bits per heavy atom. The molecule has 0 bridgehead atoms. The minimum atomic E-state index is -0.0341. The zero-order valence-electron chi connectivity index (χ0n) is 18.5. The first kappa shape index (κ1) is 21.3. The van der Waals surface area contributed by atoms with E-state index in [1.165, 1.54) is 12.8 Å². The number of nitrogens with zero attached hydrogens (tertiary/aromatic N) is 4. The molecule has 7 nitrogen and oxygen atoms in total. The Labute approximate surface area is 182 Å². The van der Waals surface area contributed by atoms with Crippen LogP contribution in [0.5, 0.6) is 0 Å². The van der Waals surface area contributed by atoms with Crippen LogP contribution in [0.4, 0.5) is 0 Å². The van der Waals surface area contributed by atoms with Gasteiger partial charge in [-0.3, -0.25) is 9.59 Å². The maximum absolute atomic E-state index is 12.4. The quantitative estimate of drug-likeness (QED) is 0.662. The third-order valence-corrected chi connectivity index (χ3v) is 6.24. The number of hydrogen-bond acceptors (Lipinski definition) is 4. The zero-order valence-corrected chi connectivity index (χ0v) is 18.5. The highest BCUT2D eigenvalue weighted by Crippen LogP contribution is 2.22. The van der Waals surface area contributed by atoms with Gasteiger partial charge in [-0.2, -0.15) is 5.10 Å². The van der Waals surface area contributed by atoms with Gasteiger partial charge < -0.3 is 10.2 Å². The molecule has 3 aromatic rings. The molecule has 1 aliphatic rings. The predicted octanol–water partition coefficient (Wildman–Crippen LogP) is 3.34. The van der Waals surface area contributed by atoms with E-state index in [0.717, 1.165) is 59.4 Å². The fourth-order valence-electron chi connectivity index (χ4n) is 4.45. The number of hydrogen-bond donors (Lipinski definition) is 1. The van der Waals surface area contributed by atoms with E-state index < -0.39 is 0 Å². The number of rotatable bonds is 6. The van der Waals surface area contributed by atoms with Gasteiger partial charge in [0, 0.05) is 49.2 Å². The Hall–Kier alpha value is -2.96. The molecule has 1 N–H and O–H groups in total. The molecule has 4 rings (SSSR count). The van der Waals surface area contributed by atoms with E-state index in [9.17, 15) is 9.59 Å². The number of aromatic nitrogens is 3. The number of carbonyl (C=O) groups excluding carboxylic acids is 2. The van der Waals surface area contributed by atoms with Crippen molar-refractivity contribution in [3.05, 3.63) is 41.2 Å². The Kier molecular flexibility index (Phi) is 6.49. The number of amides is 2. The third-order valence-electron chi connectivity index (χ3n) is 6.24. The van der Waals surface area contributed by atoms with Crippen LogP contribution in [0.3, 0.4) is 0 Å². The van der Waals surface area contributed by atoms with E-state index in [1.54, 1.807) is 0 Å². The Morgan fingerprint density at radius 1 is 1.03 bits per heavy atom. The van der Waals surface area contributed by atoms with Gasteiger partial charge in [0.05, 0.1) is 5.52 Å². The predicted molar refractivity (Wildman–Crippen MR) is 121 cm³/mol. The standard InChI is InChI=1S/C24H31N5O2/c1-17-19(18(2)29-24(26-17)20-9-5-6-10-21(20)27-29)11-12-22(30)25-14-13-23(31)28-15-7-3-4-8-16-28/h5-6,9-10H,3-4,7-8,11-16H2,1-2H3,(H,25,30). The van der Waals surface area contributed by atoms with Crippen molar-refractivity contribution in [3.8, 4) is 0 Å². The van der Waals surface area contributed by atoms with Crippen LogP contribution in [0.2, 0.25) is 0 Å². The summed E-state index contributed by atoms with van der Waals surface area (Å²) in [6.07, 6.45) is 5.92. The Bertz CT molecular complexity index is 1100. The van der Waals surface area contributed by atoms with Gasteiger partial charge in [-0.05, 0) is 50.8 Å². The van der Waals surface area contributed by atoms with E-state index in [2.05, 4.69) is 10.4 Å². The van der Waals surface area contributed by atoms with Crippen molar-refractivity contribution in [3.63, 3.8) is 0 Å². The van der Waals surface area contributed by atoms with Crippen molar-refractivity contribution in [1.82, 2.24) is 24.8 Å². The molecule has 0 aliphatic carbocycles. The molecular weight excluding hydrogens is 390 g/mol. The van der Waals surface area contributed by atoms with Crippen LogP contribution < -0.4 is 5.32 Å². The number of carbonyl (C=O) groups is 2. The van der Waals surface area contributed by atoms with Crippen LogP contribution in [-0.2, 0) is 16.0 Å². The molecule has 0 atom stereocenters. The molecule has 7 heteroatoms. The number of nitrogens with one attached hydrogen (secondary N) is 1. The van der Waals surface area contributed by atoms with Crippen LogP contribution in [0.1, 0.15) is 55.5 Å². The summed E-state index contributed by atoms with van der Waals surface area (Å²) in [5, 5.41) is 8.62. The van der Waals surface area contributed by atoms with Crippen LogP contribution in [0, 0.1) is 13.8 Å². The lowest BCUT2D eigenvalue weighted by molar-refractivity contribution is -0.131. The van der Waals surface area contributed by atoms with Gasteiger partial charge in [-0.1, -0.05) is 25.0 Å². The lowest BCUT2D eigenvalue weighted by Crippen LogP contribution is -2.35. The van der Waals surface area contributed by atoms with E-state index in [1.807, 2.05) is 47.5 Å². The van der Waals surface area contributed by atoms with Gasteiger partial charge >= 0.3 is 0 Å². The number of benzene rings is 1. The second-order valence-corrected chi connectivity index (χ2v) is 8.41. The van der Waals surface area contributed by atoms with Crippen LogP contribution >= 0.6 is 0 Å². The minimum Gasteiger partial charge on any atom is -0.356 e. The fraction of sp³-hybridized carbons (Fsp3) is 0.500.